The SMILES string of the molecule is O=C1OCCCN1C1CCN([C@H]2COC[C@@H]2O)CC1. The van der Waals surface area contributed by atoms with Gasteiger partial charge in [0.15, 0.2) is 0 Å². The molecular weight excluding hydrogens is 248 g/mol. The normalized spacial score (nSPS) is 34.6. The molecule has 0 bridgehead atoms. The maximum Gasteiger partial charge on any atom is 0.410 e. The van der Waals surface area contributed by atoms with Crippen LogP contribution in [0.25, 0.3) is 0 Å². The molecule has 3 rings (SSSR count). The van der Waals surface area contributed by atoms with Gasteiger partial charge in [0.25, 0.3) is 0 Å². The van der Waals surface area contributed by atoms with Crippen molar-refractivity contribution in [1.29, 1.82) is 0 Å². The molecule has 0 aromatic heterocycles. The Balaban J connectivity index is 1.52. The molecule has 0 spiro atoms. The number of carbonyl (C=O) groups is 1. The van der Waals surface area contributed by atoms with Gasteiger partial charge >= 0.3 is 6.09 Å². The Morgan fingerprint density at radius 2 is 1.95 bits per heavy atom. The molecule has 3 fully saturated rings. The summed E-state index contributed by atoms with van der Waals surface area (Å²) >= 11 is 0. The van der Waals surface area contributed by atoms with Gasteiger partial charge in [-0.15, -0.1) is 0 Å². The van der Waals surface area contributed by atoms with E-state index >= 15 is 0 Å². The van der Waals surface area contributed by atoms with E-state index < -0.39 is 0 Å². The molecule has 0 saturated carbocycles. The first kappa shape index (κ1) is 13.1. The zero-order valence-corrected chi connectivity index (χ0v) is 11.2. The third-order valence-electron chi connectivity index (χ3n) is 4.43. The largest absolute Gasteiger partial charge is 0.449 e. The number of aliphatic hydroxyl groups excluding tert-OH is 1. The lowest BCUT2D eigenvalue weighted by Crippen LogP contribution is -2.53. The van der Waals surface area contributed by atoms with E-state index in [9.17, 15) is 9.90 Å². The maximum absolute atomic E-state index is 11.7. The van der Waals surface area contributed by atoms with Crippen LogP contribution in [-0.2, 0) is 9.47 Å². The first-order valence-corrected chi connectivity index (χ1v) is 7.19. The zero-order chi connectivity index (χ0) is 13.2. The third-order valence-corrected chi connectivity index (χ3v) is 4.43. The van der Waals surface area contributed by atoms with E-state index in [1.807, 2.05) is 4.90 Å². The molecule has 108 valence electrons. The van der Waals surface area contributed by atoms with Gasteiger partial charge in [-0.3, -0.25) is 4.90 Å². The third kappa shape index (κ3) is 2.70. The van der Waals surface area contributed by atoms with Crippen molar-refractivity contribution in [2.45, 2.75) is 37.5 Å². The summed E-state index contributed by atoms with van der Waals surface area (Å²) in [6.45, 7) is 4.28. The molecule has 3 saturated heterocycles. The van der Waals surface area contributed by atoms with E-state index in [0.717, 1.165) is 38.9 Å². The maximum atomic E-state index is 11.7. The fourth-order valence-corrected chi connectivity index (χ4v) is 3.31. The molecule has 2 atom stereocenters. The van der Waals surface area contributed by atoms with Gasteiger partial charge in [-0.2, -0.15) is 0 Å². The van der Waals surface area contributed by atoms with E-state index in [-0.39, 0.29) is 18.2 Å². The van der Waals surface area contributed by atoms with Crippen LogP contribution in [0.15, 0.2) is 0 Å². The minimum atomic E-state index is -0.364. The zero-order valence-electron chi connectivity index (χ0n) is 11.2. The number of carbonyl (C=O) groups excluding carboxylic acids is 1. The van der Waals surface area contributed by atoms with Crippen molar-refractivity contribution in [2.75, 3.05) is 39.5 Å². The number of nitrogens with zero attached hydrogens (tertiary/aromatic N) is 2. The van der Waals surface area contributed by atoms with Crippen molar-refractivity contribution in [3.8, 4) is 0 Å². The predicted octanol–water partition coefficient (Wildman–Crippen LogP) is 0.0528. The van der Waals surface area contributed by atoms with Gasteiger partial charge in [0.2, 0.25) is 0 Å². The molecule has 6 heteroatoms. The Bertz CT molecular complexity index is 331. The van der Waals surface area contributed by atoms with Crippen molar-refractivity contribution in [2.24, 2.45) is 0 Å². The van der Waals surface area contributed by atoms with E-state index in [0.29, 0.717) is 25.9 Å². The lowest BCUT2D eigenvalue weighted by Gasteiger charge is -2.41. The second-order valence-electron chi connectivity index (χ2n) is 5.60. The Labute approximate surface area is 113 Å². The molecule has 1 N–H and O–H groups in total. The minimum absolute atomic E-state index is 0.134. The molecule has 3 heterocycles. The average molecular weight is 270 g/mol. The van der Waals surface area contributed by atoms with Crippen LogP contribution in [0.2, 0.25) is 0 Å². The predicted molar refractivity (Wildman–Crippen MR) is 67.9 cm³/mol. The topological polar surface area (TPSA) is 62.2 Å². The van der Waals surface area contributed by atoms with Crippen LogP contribution in [0.4, 0.5) is 4.79 Å². The summed E-state index contributed by atoms with van der Waals surface area (Å²) in [5.74, 6) is 0. The van der Waals surface area contributed by atoms with E-state index in [4.69, 9.17) is 9.47 Å². The van der Waals surface area contributed by atoms with Crippen LogP contribution in [0.3, 0.4) is 0 Å². The first-order chi connectivity index (χ1) is 9.25. The Morgan fingerprint density at radius 1 is 1.16 bits per heavy atom. The number of aliphatic hydroxyl groups is 1. The Hall–Kier alpha value is -0.850. The standard InChI is InChI=1S/C13H22N2O4/c16-12-9-18-8-11(12)14-5-2-10(3-6-14)15-4-1-7-19-13(15)17/h10-12,16H,1-9H2/t11-,12-/m0/s1. The summed E-state index contributed by atoms with van der Waals surface area (Å²) in [6.07, 6.45) is 2.32. The molecule has 1 amide bonds. The number of amides is 1. The quantitative estimate of drug-likeness (QED) is 0.768. The molecular formula is C13H22N2O4. The second-order valence-corrected chi connectivity index (χ2v) is 5.60. The molecule has 0 aromatic carbocycles. The highest BCUT2D eigenvalue weighted by Crippen LogP contribution is 2.23. The monoisotopic (exact) mass is 270 g/mol. The molecule has 0 aromatic rings. The van der Waals surface area contributed by atoms with Crippen molar-refractivity contribution < 1.29 is 19.4 Å². The fraction of sp³-hybridized carbons (Fsp3) is 0.923. The highest BCUT2D eigenvalue weighted by atomic mass is 16.6. The van der Waals surface area contributed by atoms with Crippen LogP contribution in [0.1, 0.15) is 19.3 Å². The smallest absolute Gasteiger partial charge is 0.410 e. The molecule has 3 aliphatic rings. The van der Waals surface area contributed by atoms with Gasteiger partial charge in [0, 0.05) is 25.7 Å². The highest BCUT2D eigenvalue weighted by molar-refractivity contribution is 5.68. The van der Waals surface area contributed by atoms with Gasteiger partial charge in [-0.1, -0.05) is 0 Å². The van der Waals surface area contributed by atoms with Crippen molar-refractivity contribution in [1.82, 2.24) is 9.80 Å². The van der Waals surface area contributed by atoms with Crippen LogP contribution in [0.5, 0.6) is 0 Å². The summed E-state index contributed by atoms with van der Waals surface area (Å²) < 4.78 is 10.4. The lowest BCUT2D eigenvalue weighted by atomic mass is 10.0. The van der Waals surface area contributed by atoms with Crippen molar-refractivity contribution >= 4 is 6.09 Å². The number of likely N-dealkylation sites (tertiary alicyclic amines) is 1. The number of cyclic esters (lactones) is 1. The number of hydrogen-bond acceptors (Lipinski definition) is 5. The Kier molecular flexibility index (Phi) is 3.91. The molecule has 0 aliphatic carbocycles. The molecule has 3 aliphatic heterocycles. The van der Waals surface area contributed by atoms with E-state index in [1.165, 1.54) is 0 Å². The average Bonchev–Trinajstić information content (AvgIpc) is 2.86. The van der Waals surface area contributed by atoms with E-state index in [1.54, 1.807) is 0 Å². The van der Waals surface area contributed by atoms with Crippen molar-refractivity contribution in [3.63, 3.8) is 0 Å². The lowest BCUT2D eigenvalue weighted by molar-refractivity contribution is 0.0190. The van der Waals surface area contributed by atoms with E-state index in [2.05, 4.69) is 4.90 Å². The van der Waals surface area contributed by atoms with Crippen LogP contribution >= 0.6 is 0 Å². The van der Waals surface area contributed by atoms with Gasteiger partial charge in [-0.25, -0.2) is 4.79 Å². The summed E-state index contributed by atoms with van der Waals surface area (Å²) in [5, 5.41) is 9.85. The minimum Gasteiger partial charge on any atom is -0.449 e. The molecule has 6 nitrogen and oxygen atoms in total. The van der Waals surface area contributed by atoms with Crippen LogP contribution in [-0.4, -0.2) is 78.6 Å². The fourth-order valence-electron chi connectivity index (χ4n) is 3.31. The number of hydrogen-bond donors (Lipinski definition) is 1. The highest BCUT2D eigenvalue weighted by Gasteiger charge is 2.36. The van der Waals surface area contributed by atoms with Gasteiger partial charge in [0.05, 0.1) is 32.0 Å². The number of ether oxygens (including phenoxy) is 2. The van der Waals surface area contributed by atoms with Crippen molar-refractivity contribution in [3.05, 3.63) is 0 Å². The van der Waals surface area contributed by atoms with Gasteiger partial charge in [0.1, 0.15) is 0 Å². The summed E-state index contributed by atoms with van der Waals surface area (Å²) in [4.78, 5) is 15.9. The summed E-state index contributed by atoms with van der Waals surface area (Å²) in [5.41, 5.74) is 0. The molecule has 19 heavy (non-hydrogen) atoms. The van der Waals surface area contributed by atoms with Crippen LogP contribution in [0, 0.1) is 0 Å². The number of rotatable bonds is 2. The van der Waals surface area contributed by atoms with Gasteiger partial charge in [-0.05, 0) is 19.3 Å². The molecule has 0 radical (unpaired) electrons. The Morgan fingerprint density at radius 3 is 2.58 bits per heavy atom. The summed E-state index contributed by atoms with van der Waals surface area (Å²) in [6, 6.07) is 0.428. The van der Waals surface area contributed by atoms with Crippen LogP contribution < -0.4 is 0 Å². The molecule has 0 unspecified atom stereocenters. The second kappa shape index (κ2) is 5.64. The first-order valence-electron chi connectivity index (χ1n) is 7.19. The number of piperidine rings is 1. The summed E-state index contributed by atoms with van der Waals surface area (Å²) in [7, 11) is 0. The van der Waals surface area contributed by atoms with Gasteiger partial charge < -0.3 is 19.5 Å².